The summed E-state index contributed by atoms with van der Waals surface area (Å²) in [5.41, 5.74) is 3.07. The SMILES string of the molecule is CCOC(=O)C1=C(C)NC2=C(C(=O)[C@H](C(=O)OCC)[C@H](c3cccc(OC)c3)C2)[C@@H]1c1cc(OC)ccc1OC. The molecule has 3 atom stereocenters. The van der Waals surface area contributed by atoms with E-state index in [2.05, 4.69) is 5.32 Å². The molecule has 1 heterocycles. The van der Waals surface area contributed by atoms with Gasteiger partial charge < -0.3 is 29.0 Å². The largest absolute Gasteiger partial charge is 0.497 e. The number of benzene rings is 2. The second-order valence-electron chi connectivity index (χ2n) is 9.50. The Bertz CT molecular complexity index is 1380. The van der Waals surface area contributed by atoms with Crippen LogP contribution >= 0.6 is 0 Å². The summed E-state index contributed by atoms with van der Waals surface area (Å²) < 4.78 is 27.4. The number of Topliss-reactive ketones (excluding diaryl/α,β-unsaturated/α-hetero) is 1. The molecule has 9 nitrogen and oxygen atoms in total. The molecule has 2 aliphatic rings. The van der Waals surface area contributed by atoms with Crippen molar-refractivity contribution in [3.63, 3.8) is 0 Å². The van der Waals surface area contributed by atoms with E-state index in [1.807, 2.05) is 18.2 Å². The summed E-state index contributed by atoms with van der Waals surface area (Å²) in [4.78, 5) is 41.3. The van der Waals surface area contributed by atoms with Gasteiger partial charge in [0, 0.05) is 28.4 Å². The van der Waals surface area contributed by atoms with E-state index in [0.29, 0.717) is 46.2 Å². The fourth-order valence-corrected chi connectivity index (χ4v) is 5.58. The van der Waals surface area contributed by atoms with E-state index in [1.54, 1.807) is 52.1 Å². The van der Waals surface area contributed by atoms with Crippen molar-refractivity contribution < 1.29 is 38.1 Å². The van der Waals surface area contributed by atoms with Gasteiger partial charge in [0.05, 0.1) is 46.0 Å². The molecule has 0 fully saturated rings. The number of methoxy groups -OCH3 is 3. The van der Waals surface area contributed by atoms with Crippen LogP contribution in [0.1, 0.15) is 50.2 Å². The van der Waals surface area contributed by atoms with Gasteiger partial charge in [-0.05, 0) is 63.1 Å². The molecule has 0 aromatic heterocycles. The molecule has 2 aromatic carbocycles. The first kappa shape index (κ1) is 28.7. The Balaban J connectivity index is 1.96. The monoisotopic (exact) mass is 549 g/mol. The third-order valence-corrected chi connectivity index (χ3v) is 7.32. The lowest BCUT2D eigenvalue weighted by Crippen LogP contribution is -2.43. The number of nitrogens with one attached hydrogen (secondary N) is 1. The molecule has 0 amide bonds. The molecule has 1 aliphatic carbocycles. The van der Waals surface area contributed by atoms with Gasteiger partial charge >= 0.3 is 11.9 Å². The van der Waals surface area contributed by atoms with Gasteiger partial charge in [0.15, 0.2) is 5.78 Å². The predicted octanol–water partition coefficient (Wildman–Crippen LogP) is 4.43. The maximum absolute atomic E-state index is 14.5. The summed E-state index contributed by atoms with van der Waals surface area (Å²) >= 11 is 0. The normalized spacial score (nSPS) is 20.4. The lowest BCUT2D eigenvalue weighted by molar-refractivity contribution is -0.152. The highest BCUT2D eigenvalue weighted by Crippen LogP contribution is 2.50. The molecule has 0 saturated heterocycles. The standard InChI is InChI=1S/C31H35NO8/c1-7-39-30(34)25-17(3)32-23-16-21(18-10-9-11-19(14-18)36-4)27(31(35)40-8-2)29(33)28(23)26(25)22-15-20(37-5)12-13-24(22)38-6/h9-15,21,26-27,32H,7-8,16H2,1-6H3/t21-,26+,27+/m0/s1. The van der Waals surface area contributed by atoms with Crippen LogP contribution in [0, 0.1) is 5.92 Å². The summed E-state index contributed by atoms with van der Waals surface area (Å²) in [6.45, 7) is 5.47. The maximum atomic E-state index is 14.5. The summed E-state index contributed by atoms with van der Waals surface area (Å²) in [6, 6.07) is 12.5. The predicted molar refractivity (Wildman–Crippen MR) is 147 cm³/mol. The van der Waals surface area contributed by atoms with E-state index in [1.165, 1.54) is 14.2 Å². The Morgan fingerprint density at radius 2 is 1.62 bits per heavy atom. The Morgan fingerprint density at radius 1 is 0.925 bits per heavy atom. The van der Waals surface area contributed by atoms with Gasteiger partial charge in [-0.3, -0.25) is 9.59 Å². The van der Waals surface area contributed by atoms with Crippen LogP contribution in [0.4, 0.5) is 0 Å². The number of rotatable bonds is 9. The zero-order chi connectivity index (χ0) is 29.0. The second-order valence-corrected chi connectivity index (χ2v) is 9.50. The van der Waals surface area contributed by atoms with Crippen molar-refractivity contribution in [1.29, 1.82) is 0 Å². The van der Waals surface area contributed by atoms with E-state index in [0.717, 1.165) is 5.56 Å². The topological polar surface area (TPSA) is 109 Å². The molecule has 0 spiro atoms. The zero-order valence-corrected chi connectivity index (χ0v) is 23.7. The first-order chi connectivity index (χ1) is 19.3. The fourth-order valence-electron chi connectivity index (χ4n) is 5.58. The van der Waals surface area contributed by atoms with Crippen molar-refractivity contribution in [2.45, 2.75) is 39.0 Å². The maximum Gasteiger partial charge on any atom is 0.336 e. The minimum absolute atomic E-state index is 0.123. The van der Waals surface area contributed by atoms with Crippen molar-refractivity contribution >= 4 is 17.7 Å². The van der Waals surface area contributed by atoms with Crippen LogP contribution in [-0.4, -0.2) is 52.3 Å². The Kier molecular flexibility index (Phi) is 8.82. The number of dihydropyridines is 1. The van der Waals surface area contributed by atoms with Crippen LogP contribution in [0.25, 0.3) is 0 Å². The Hall–Kier alpha value is -4.27. The lowest BCUT2D eigenvalue weighted by Gasteiger charge is -2.39. The molecule has 9 heteroatoms. The minimum atomic E-state index is -1.13. The number of carbonyl (C=O) groups is 3. The highest BCUT2D eigenvalue weighted by atomic mass is 16.5. The molecule has 0 radical (unpaired) electrons. The first-order valence-corrected chi connectivity index (χ1v) is 13.2. The summed E-state index contributed by atoms with van der Waals surface area (Å²) in [5.74, 6) is -2.52. The number of ketones is 1. The molecular formula is C31H35NO8. The van der Waals surface area contributed by atoms with Crippen molar-refractivity contribution in [1.82, 2.24) is 5.32 Å². The van der Waals surface area contributed by atoms with E-state index in [4.69, 9.17) is 23.7 Å². The molecule has 1 N–H and O–H groups in total. The van der Waals surface area contributed by atoms with Gasteiger partial charge in [0.2, 0.25) is 0 Å². The molecule has 4 rings (SSSR count). The fraction of sp³-hybridized carbons (Fsp3) is 0.387. The smallest absolute Gasteiger partial charge is 0.336 e. The van der Waals surface area contributed by atoms with E-state index in [9.17, 15) is 14.4 Å². The quantitative estimate of drug-likeness (QED) is 0.359. The van der Waals surface area contributed by atoms with Crippen molar-refractivity contribution in [3.8, 4) is 17.2 Å². The summed E-state index contributed by atoms with van der Waals surface area (Å²) in [7, 11) is 4.62. The summed E-state index contributed by atoms with van der Waals surface area (Å²) in [5, 5.41) is 3.31. The van der Waals surface area contributed by atoms with Crippen molar-refractivity contribution in [3.05, 3.63) is 76.1 Å². The van der Waals surface area contributed by atoms with E-state index >= 15 is 0 Å². The van der Waals surface area contributed by atoms with Gasteiger partial charge in [-0.2, -0.15) is 0 Å². The molecule has 1 aliphatic heterocycles. The van der Waals surface area contributed by atoms with Gasteiger partial charge in [-0.1, -0.05) is 12.1 Å². The van der Waals surface area contributed by atoms with Crippen molar-refractivity contribution in [2.24, 2.45) is 5.92 Å². The Morgan fingerprint density at radius 3 is 2.27 bits per heavy atom. The molecule has 0 saturated carbocycles. The molecule has 40 heavy (non-hydrogen) atoms. The average molecular weight is 550 g/mol. The number of hydrogen-bond donors (Lipinski definition) is 1. The molecule has 2 aromatic rings. The van der Waals surface area contributed by atoms with E-state index in [-0.39, 0.29) is 18.8 Å². The van der Waals surface area contributed by atoms with Crippen molar-refractivity contribution in [2.75, 3.05) is 34.5 Å². The number of allylic oxidation sites excluding steroid dienone is 3. The van der Waals surface area contributed by atoms with E-state index < -0.39 is 35.5 Å². The second kappa shape index (κ2) is 12.3. The number of hydrogen-bond acceptors (Lipinski definition) is 9. The third-order valence-electron chi connectivity index (χ3n) is 7.32. The average Bonchev–Trinajstić information content (AvgIpc) is 2.96. The highest BCUT2D eigenvalue weighted by Gasteiger charge is 2.49. The van der Waals surface area contributed by atoms with Gasteiger partial charge in [-0.15, -0.1) is 0 Å². The minimum Gasteiger partial charge on any atom is -0.497 e. The van der Waals surface area contributed by atoms with Crippen LogP contribution < -0.4 is 19.5 Å². The van der Waals surface area contributed by atoms with Crippen LogP contribution in [0.3, 0.4) is 0 Å². The van der Waals surface area contributed by atoms with Gasteiger partial charge in [0.1, 0.15) is 23.2 Å². The van der Waals surface area contributed by atoms with Gasteiger partial charge in [-0.25, -0.2) is 4.79 Å². The molecule has 212 valence electrons. The third kappa shape index (κ3) is 5.28. The zero-order valence-electron chi connectivity index (χ0n) is 23.7. The highest BCUT2D eigenvalue weighted by molar-refractivity contribution is 6.13. The van der Waals surface area contributed by atoms with Crippen LogP contribution in [0.2, 0.25) is 0 Å². The first-order valence-electron chi connectivity index (χ1n) is 13.2. The molecule has 0 unspecified atom stereocenters. The number of carbonyl (C=O) groups excluding carboxylic acids is 3. The van der Waals surface area contributed by atoms with Gasteiger partial charge in [0.25, 0.3) is 0 Å². The molecular weight excluding hydrogens is 514 g/mol. The number of esters is 2. The van der Waals surface area contributed by atoms with Crippen LogP contribution in [0.15, 0.2) is 65.0 Å². The van der Waals surface area contributed by atoms with Crippen LogP contribution in [0.5, 0.6) is 17.2 Å². The summed E-state index contributed by atoms with van der Waals surface area (Å²) in [6.07, 6.45) is 0.327. The lowest BCUT2D eigenvalue weighted by atomic mass is 9.67. The Labute approximate surface area is 234 Å². The number of ether oxygens (including phenoxy) is 5. The van der Waals surface area contributed by atoms with Crippen LogP contribution in [-0.2, 0) is 23.9 Å². The molecule has 0 bridgehead atoms.